The summed E-state index contributed by atoms with van der Waals surface area (Å²) in [7, 11) is 1.49. The van der Waals surface area contributed by atoms with E-state index in [2.05, 4.69) is 26.3 Å². The summed E-state index contributed by atoms with van der Waals surface area (Å²) in [4.78, 5) is 4.05. The molecule has 0 aliphatic rings. The molecular weight excluding hydrogens is 313 g/mol. The summed E-state index contributed by atoms with van der Waals surface area (Å²) in [6.45, 7) is 0. The maximum absolute atomic E-state index is 14.1. The number of nitrogens with zero attached hydrogens (tertiary/aromatic N) is 1. The van der Waals surface area contributed by atoms with Crippen molar-refractivity contribution in [3.8, 4) is 5.75 Å². The minimum atomic E-state index is -0.476. The van der Waals surface area contributed by atoms with E-state index in [9.17, 15) is 4.39 Å². The van der Waals surface area contributed by atoms with Gasteiger partial charge in [-0.25, -0.2) is 9.82 Å². The van der Waals surface area contributed by atoms with Crippen LogP contribution in [0.25, 0.3) is 0 Å². The van der Waals surface area contributed by atoms with Crippen LogP contribution in [0.4, 0.5) is 4.39 Å². The van der Waals surface area contributed by atoms with Gasteiger partial charge in [0.1, 0.15) is 11.6 Å². The first kappa shape index (κ1) is 13.9. The van der Waals surface area contributed by atoms with Crippen molar-refractivity contribution >= 4 is 15.9 Å². The van der Waals surface area contributed by atoms with Gasteiger partial charge in [0.25, 0.3) is 0 Å². The number of halogens is 2. The first-order valence-electron chi connectivity index (χ1n) is 5.55. The minimum absolute atomic E-state index is 0.387. The van der Waals surface area contributed by atoms with Gasteiger partial charge in [0.05, 0.1) is 13.2 Å². The highest BCUT2D eigenvalue weighted by molar-refractivity contribution is 9.10. The quantitative estimate of drug-likeness (QED) is 0.670. The summed E-state index contributed by atoms with van der Waals surface area (Å²) in [6, 6.07) is 6.01. The van der Waals surface area contributed by atoms with E-state index in [-0.39, 0.29) is 5.82 Å². The smallest absolute Gasteiger partial charge is 0.132 e. The molecule has 0 spiro atoms. The molecule has 1 heterocycles. The number of pyridine rings is 1. The molecule has 3 N–H and O–H groups in total. The molecular formula is C13H13BrFN3O. The van der Waals surface area contributed by atoms with Crippen LogP contribution in [0.3, 0.4) is 0 Å². The highest BCUT2D eigenvalue weighted by atomic mass is 79.9. The maximum atomic E-state index is 14.1. The van der Waals surface area contributed by atoms with Crippen molar-refractivity contribution in [3.63, 3.8) is 0 Å². The van der Waals surface area contributed by atoms with Gasteiger partial charge in [-0.1, -0.05) is 6.07 Å². The number of aromatic nitrogens is 1. The van der Waals surface area contributed by atoms with Gasteiger partial charge in [-0.2, -0.15) is 0 Å². The van der Waals surface area contributed by atoms with Gasteiger partial charge in [0, 0.05) is 28.5 Å². The lowest BCUT2D eigenvalue weighted by Gasteiger charge is -2.17. The van der Waals surface area contributed by atoms with Crippen LogP contribution in [-0.4, -0.2) is 12.1 Å². The normalized spacial score (nSPS) is 12.2. The molecule has 2 rings (SSSR count). The average Bonchev–Trinajstić information content (AvgIpc) is 2.41. The Morgan fingerprint density at radius 2 is 2.16 bits per heavy atom. The summed E-state index contributed by atoms with van der Waals surface area (Å²) >= 11 is 3.33. The third kappa shape index (κ3) is 3.09. The molecule has 6 heteroatoms. The van der Waals surface area contributed by atoms with Crippen LogP contribution in [0, 0.1) is 5.82 Å². The number of benzene rings is 1. The summed E-state index contributed by atoms with van der Waals surface area (Å²) in [5.41, 5.74) is 3.80. The van der Waals surface area contributed by atoms with Crippen LogP contribution in [-0.2, 0) is 0 Å². The average molecular weight is 326 g/mol. The van der Waals surface area contributed by atoms with Crippen LogP contribution in [0.5, 0.6) is 5.75 Å². The lowest BCUT2D eigenvalue weighted by molar-refractivity contribution is 0.410. The Kier molecular flexibility index (Phi) is 4.47. The molecule has 0 aliphatic carbocycles. The van der Waals surface area contributed by atoms with Crippen molar-refractivity contribution in [1.82, 2.24) is 10.4 Å². The number of hydrogen-bond acceptors (Lipinski definition) is 4. The summed E-state index contributed by atoms with van der Waals surface area (Å²) in [6.07, 6.45) is 3.29. The SMILES string of the molecule is COc1ccc(C(NN)c2cncc(Br)c2)c(F)c1. The van der Waals surface area contributed by atoms with Crippen molar-refractivity contribution in [2.75, 3.05) is 7.11 Å². The lowest BCUT2D eigenvalue weighted by Crippen LogP contribution is -2.29. The summed E-state index contributed by atoms with van der Waals surface area (Å²) in [5, 5.41) is 0. The predicted molar refractivity (Wildman–Crippen MR) is 74.1 cm³/mol. The topological polar surface area (TPSA) is 60.2 Å². The molecule has 100 valence electrons. The van der Waals surface area contributed by atoms with Gasteiger partial charge in [-0.3, -0.25) is 10.8 Å². The molecule has 0 saturated carbocycles. The fourth-order valence-electron chi connectivity index (χ4n) is 1.82. The third-order valence-corrected chi connectivity index (χ3v) is 3.18. The highest BCUT2D eigenvalue weighted by Crippen LogP contribution is 2.27. The Morgan fingerprint density at radius 3 is 2.74 bits per heavy atom. The fraction of sp³-hybridized carbons (Fsp3) is 0.154. The van der Waals surface area contributed by atoms with Gasteiger partial charge in [-0.15, -0.1) is 0 Å². The molecule has 0 fully saturated rings. The molecule has 1 aromatic heterocycles. The second kappa shape index (κ2) is 6.10. The Bertz CT molecular complexity index is 580. The van der Waals surface area contributed by atoms with E-state index in [1.807, 2.05) is 6.07 Å². The van der Waals surface area contributed by atoms with Gasteiger partial charge in [0.15, 0.2) is 0 Å². The van der Waals surface area contributed by atoms with Crippen LogP contribution in [0.15, 0.2) is 41.1 Å². The number of hydrogen-bond donors (Lipinski definition) is 2. The Morgan fingerprint density at radius 1 is 1.37 bits per heavy atom. The molecule has 2 aromatic rings. The molecule has 0 amide bonds. The van der Waals surface area contributed by atoms with Gasteiger partial charge < -0.3 is 4.74 Å². The lowest BCUT2D eigenvalue weighted by atomic mass is 10.0. The van der Waals surface area contributed by atoms with Gasteiger partial charge in [0.2, 0.25) is 0 Å². The largest absolute Gasteiger partial charge is 0.497 e. The number of nitrogens with two attached hydrogens (primary N) is 1. The summed E-state index contributed by atoms with van der Waals surface area (Å²) < 4.78 is 19.8. The number of nitrogens with one attached hydrogen (secondary N) is 1. The molecule has 0 bridgehead atoms. The number of methoxy groups -OCH3 is 1. The van der Waals surface area contributed by atoms with Gasteiger partial charge >= 0.3 is 0 Å². The van der Waals surface area contributed by atoms with Crippen molar-refractivity contribution in [2.45, 2.75) is 6.04 Å². The van der Waals surface area contributed by atoms with E-state index >= 15 is 0 Å². The molecule has 1 atom stereocenters. The maximum Gasteiger partial charge on any atom is 0.132 e. The minimum Gasteiger partial charge on any atom is -0.497 e. The van der Waals surface area contributed by atoms with Crippen molar-refractivity contribution in [2.24, 2.45) is 5.84 Å². The third-order valence-electron chi connectivity index (χ3n) is 2.74. The van der Waals surface area contributed by atoms with E-state index in [1.54, 1.807) is 24.5 Å². The molecule has 1 unspecified atom stereocenters. The second-order valence-corrected chi connectivity index (χ2v) is 4.84. The monoisotopic (exact) mass is 325 g/mol. The van der Waals surface area contributed by atoms with Crippen LogP contribution >= 0.6 is 15.9 Å². The van der Waals surface area contributed by atoms with Crippen LogP contribution in [0.1, 0.15) is 17.2 Å². The zero-order valence-electron chi connectivity index (χ0n) is 10.2. The molecule has 0 aliphatic heterocycles. The standard InChI is InChI=1S/C13H13BrFN3O/c1-19-10-2-3-11(12(15)5-10)13(18-16)8-4-9(14)7-17-6-8/h2-7,13,18H,16H2,1H3. The fourth-order valence-corrected chi connectivity index (χ4v) is 2.20. The van der Waals surface area contributed by atoms with E-state index in [0.29, 0.717) is 11.3 Å². The second-order valence-electron chi connectivity index (χ2n) is 3.92. The van der Waals surface area contributed by atoms with E-state index in [1.165, 1.54) is 13.2 Å². The molecule has 0 radical (unpaired) electrons. The number of ether oxygens (including phenoxy) is 1. The molecule has 19 heavy (non-hydrogen) atoms. The molecule has 0 saturated heterocycles. The first-order chi connectivity index (χ1) is 9.15. The molecule has 1 aromatic carbocycles. The molecule has 4 nitrogen and oxygen atoms in total. The zero-order valence-corrected chi connectivity index (χ0v) is 11.8. The highest BCUT2D eigenvalue weighted by Gasteiger charge is 2.17. The predicted octanol–water partition coefficient (Wildman–Crippen LogP) is 2.54. The Labute approximate surface area is 118 Å². The van der Waals surface area contributed by atoms with E-state index < -0.39 is 6.04 Å². The number of rotatable bonds is 4. The van der Waals surface area contributed by atoms with Gasteiger partial charge in [-0.05, 0) is 33.6 Å². The van der Waals surface area contributed by atoms with Crippen molar-refractivity contribution in [3.05, 3.63) is 58.1 Å². The van der Waals surface area contributed by atoms with E-state index in [0.717, 1.165) is 10.0 Å². The van der Waals surface area contributed by atoms with Crippen LogP contribution in [0.2, 0.25) is 0 Å². The number of hydrazine groups is 1. The van der Waals surface area contributed by atoms with Crippen molar-refractivity contribution < 1.29 is 9.13 Å². The zero-order chi connectivity index (χ0) is 13.8. The Balaban J connectivity index is 2.42. The first-order valence-corrected chi connectivity index (χ1v) is 6.35. The van der Waals surface area contributed by atoms with Crippen LogP contribution < -0.4 is 16.0 Å². The Hall–Kier alpha value is -1.50. The van der Waals surface area contributed by atoms with E-state index in [4.69, 9.17) is 10.6 Å². The van der Waals surface area contributed by atoms with Crippen molar-refractivity contribution in [1.29, 1.82) is 0 Å². The summed E-state index contributed by atoms with van der Waals surface area (Å²) in [5.74, 6) is 5.61.